The lowest BCUT2D eigenvalue weighted by Gasteiger charge is -2.08. The van der Waals surface area contributed by atoms with Crippen LogP contribution in [0.5, 0.6) is 0 Å². The standard InChI is InChI=1S/C11H11BrClN3O2S/c12-7-1-2-11(10(13)3-7)16-19(17,18)9-4-8(5-14)15-6-9/h1-4,6,15-16H,5,14H2. The van der Waals surface area contributed by atoms with E-state index < -0.39 is 10.0 Å². The van der Waals surface area contributed by atoms with E-state index in [0.717, 1.165) is 4.47 Å². The van der Waals surface area contributed by atoms with E-state index in [-0.39, 0.29) is 11.4 Å². The average molecular weight is 365 g/mol. The van der Waals surface area contributed by atoms with Crippen LogP contribution in [0.3, 0.4) is 0 Å². The summed E-state index contributed by atoms with van der Waals surface area (Å²) in [5.74, 6) is 0. The molecule has 1 heterocycles. The normalized spacial score (nSPS) is 11.5. The van der Waals surface area contributed by atoms with Crippen LogP contribution in [-0.2, 0) is 16.6 Å². The molecule has 0 atom stereocenters. The number of halogens is 2. The zero-order valence-corrected chi connectivity index (χ0v) is 12.8. The highest BCUT2D eigenvalue weighted by atomic mass is 79.9. The number of hydrogen-bond acceptors (Lipinski definition) is 3. The average Bonchev–Trinajstić information content (AvgIpc) is 2.82. The molecule has 0 aliphatic carbocycles. The zero-order chi connectivity index (χ0) is 14.0. The van der Waals surface area contributed by atoms with Crippen molar-refractivity contribution in [3.05, 3.63) is 45.7 Å². The minimum absolute atomic E-state index is 0.118. The van der Waals surface area contributed by atoms with Gasteiger partial charge in [0.1, 0.15) is 4.90 Å². The summed E-state index contributed by atoms with van der Waals surface area (Å²) in [6.45, 7) is 0.245. The van der Waals surface area contributed by atoms with Gasteiger partial charge in [-0.3, -0.25) is 4.72 Å². The van der Waals surface area contributed by atoms with E-state index in [1.807, 2.05) is 0 Å². The van der Waals surface area contributed by atoms with Crippen molar-refractivity contribution < 1.29 is 8.42 Å². The summed E-state index contributed by atoms with van der Waals surface area (Å²) >= 11 is 9.22. The van der Waals surface area contributed by atoms with Crippen molar-refractivity contribution in [1.29, 1.82) is 0 Å². The highest BCUT2D eigenvalue weighted by Crippen LogP contribution is 2.27. The Morgan fingerprint density at radius 2 is 2.11 bits per heavy atom. The Morgan fingerprint density at radius 1 is 1.37 bits per heavy atom. The van der Waals surface area contributed by atoms with Crippen molar-refractivity contribution in [2.75, 3.05) is 4.72 Å². The molecule has 5 nitrogen and oxygen atoms in total. The number of aromatic amines is 1. The van der Waals surface area contributed by atoms with Crippen molar-refractivity contribution in [2.45, 2.75) is 11.4 Å². The molecular formula is C11H11BrClN3O2S. The van der Waals surface area contributed by atoms with Crippen LogP contribution < -0.4 is 10.5 Å². The molecule has 4 N–H and O–H groups in total. The number of benzene rings is 1. The Bertz CT molecular complexity index is 700. The van der Waals surface area contributed by atoms with Crippen LogP contribution in [-0.4, -0.2) is 13.4 Å². The Balaban J connectivity index is 2.30. The van der Waals surface area contributed by atoms with E-state index in [0.29, 0.717) is 16.4 Å². The second kappa shape index (κ2) is 5.54. The van der Waals surface area contributed by atoms with Crippen LogP contribution in [0.2, 0.25) is 5.02 Å². The van der Waals surface area contributed by atoms with Gasteiger partial charge in [-0.05, 0) is 24.3 Å². The summed E-state index contributed by atoms with van der Waals surface area (Å²) < 4.78 is 27.4. The number of hydrogen-bond donors (Lipinski definition) is 3. The predicted molar refractivity (Wildman–Crippen MR) is 78.6 cm³/mol. The lowest BCUT2D eigenvalue weighted by molar-refractivity contribution is 0.601. The van der Waals surface area contributed by atoms with Gasteiger partial charge in [0.25, 0.3) is 10.0 Å². The van der Waals surface area contributed by atoms with Gasteiger partial charge in [0, 0.05) is 22.9 Å². The highest BCUT2D eigenvalue weighted by Gasteiger charge is 2.17. The van der Waals surface area contributed by atoms with Gasteiger partial charge in [0.2, 0.25) is 0 Å². The topological polar surface area (TPSA) is 88.0 Å². The molecule has 0 bridgehead atoms. The Morgan fingerprint density at radius 3 is 2.68 bits per heavy atom. The Kier molecular flexibility index (Phi) is 4.19. The summed E-state index contributed by atoms with van der Waals surface area (Å²) in [6.07, 6.45) is 1.39. The maximum Gasteiger partial charge on any atom is 0.263 e. The maximum absolute atomic E-state index is 12.1. The third-order valence-corrected chi connectivity index (χ3v) is 4.57. The van der Waals surface area contributed by atoms with E-state index >= 15 is 0 Å². The van der Waals surface area contributed by atoms with E-state index in [4.69, 9.17) is 17.3 Å². The summed E-state index contributed by atoms with van der Waals surface area (Å²) in [7, 11) is -3.67. The maximum atomic E-state index is 12.1. The molecule has 0 unspecified atom stereocenters. The molecule has 0 fully saturated rings. The first-order chi connectivity index (χ1) is 8.92. The first kappa shape index (κ1) is 14.4. The molecule has 0 amide bonds. The largest absolute Gasteiger partial charge is 0.363 e. The monoisotopic (exact) mass is 363 g/mol. The molecule has 2 aromatic rings. The second-order valence-corrected chi connectivity index (χ2v) is 6.80. The number of sulfonamides is 1. The first-order valence-electron chi connectivity index (χ1n) is 5.27. The lowest BCUT2D eigenvalue weighted by Crippen LogP contribution is -2.12. The minimum Gasteiger partial charge on any atom is -0.363 e. The molecule has 2 rings (SSSR count). The number of H-pyrrole nitrogens is 1. The summed E-state index contributed by atoms with van der Waals surface area (Å²) in [5.41, 5.74) is 6.39. The van der Waals surface area contributed by atoms with Crippen molar-refractivity contribution in [1.82, 2.24) is 4.98 Å². The fourth-order valence-electron chi connectivity index (χ4n) is 1.47. The minimum atomic E-state index is -3.67. The number of nitrogens with one attached hydrogen (secondary N) is 2. The number of rotatable bonds is 4. The van der Waals surface area contributed by atoms with E-state index in [9.17, 15) is 8.42 Å². The molecule has 0 saturated carbocycles. The quantitative estimate of drug-likeness (QED) is 0.779. The van der Waals surface area contributed by atoms with Gasteiger partial charge >= 0.3 is 0 Å². The Labute approximate surface area is 124 Å². The van der Waals surface area contributed by atoms with Gasteiger partial charge in [0.05, 0.1) is 10.7 Å². The highest BCUT2D eigenvalue weighted by molar-refractivity contribution is 9.10. The molecule has 1 aromatic carbocycles. The molecule has 0 aliphatic rings. The summed E-state index contributed by atoms with van der Waals surface area (Å²) in [5, 5.41) is 0.313. The summed E-state index contributed by atoms with van der Waals surface area (Å²) in [4.78, 5) is 2.90. The first-order valence-corrected chi connectivity index (χ1v) is 7.93. The van der Waals surface area contributed by atoms with Crippen LogP contribution in [0.1, 0.15) is 5.69 Å². The van der Waals surface area contributed by atoms with E-state index in [1.165, 1.54) is 12.3 Å². The Hall–Kier alpha value is -1.02. The van der Waals surface area contributed by atoms with Gasteiger partial charge in [-0.2, -0.15) is 0 Å². The number of anilines is 1. The van der Waals surface area contributed by atoms with Crippen LogP contribution in [0.4, 0.5) is 5.69 Å². The number of aromatic nitrogens is 1. The lowest BCUT2D eigenvalue weighted by atomic mass is 10.3. The molecule has 102 valence electrons. The number of nitrogens with two attached hydrogens (primary N) is 1. The van der Waals surface area contributed by atoms with Gasteiger partial charge < -0.3 is 10.7 Å². The molecule has 0 saturated heterocycles. The van der Waals surface area contributed by atoms with Crippen LogP contribution in [0, 0.1) is 0 Å². The fraction of sp³-hybridized carbons (Fsp3) is 0.0909. The molecule has 19 heavy (non-hydrogen) atoms. The fourth-order valence-corrected chi connectivity index (χ4v) is 3.34. The van der Waals surface area contributed by atoms with E-state index in [1.54, 1.807) is 18.2 Å². The molecule has 1 aromatic heterocycles. The molecule has 0 aliphatic heterocycles. The van der Waals surface area contributed by atoms with Crippen LogP contribution >= 0.6 is 27.5 Å². The van der Waals surface area contributed by atoms with Gasteiger partial charge in [-0.1, -0.05) is 27.5 Å². The third-order valence-electron chi connectivity index (χ3n) is 2.42. The third kappa shape index (κ3) is 3.30. The SMILES string of the molecule is NCc1cc(S(=O)(=O)Nc2ccc(Br)cc2Cl)c[nH]1. The van der Waals surface area contributed by atoms with Crippen molar-refractivity contribution in [3.63, 3.8) is 0 Å². The van der Waals surface area contributed by atoms with Crippen LogP contribution in [0.15, 0.2) is 39.8 Å². The van der Waals surface area contributed by atoms with Gasteiger partial charge in [-0.15, -0.1) is 0 Å². The van der Waals surface area contributed by atoms with Crippen molar-refractivity contribution in [2.24, 2.45) is 5.73 Å². The summed E-state index contributed by atoms with van der Waals surface area (Å²) in [6, 6.07) is 6.38. The van der Waals surface area contributed by atoms with Gasteiger partial charge in [0.15, 0.2) is 0 Å². The van der Waals surface area contributed by atoms with E-state index in [2.05, 4.69) is 25.6 Å². The second-order valence-electron chi connectivity index (χ2n) is 3.79. The van der Waals surface area contributed by atoms with Gasteiger partial charge in [-0.25, -0.2) is 8.42 Å². The molecule has 8 heteroatoms. The molecule has 0 spiro atoms. The smallest absolute Gasteiger partial charge is 0.263 e. The van der Waals surface area contributed by atoms with Crippen LogP contribution in [0.25, 0.3) is 0 Å². The van der Waals surface area contributed by atoms with Crippen molar-refractivity contribution >= 4 is 43.2 Å². The predicted octanol–water partition coefficient (Wildman–Crippen LogP) is 2.69. The van der Waals surface area contributed by atoms with Crippen molar-refractivity contribution in [3.8, 4) is 0 Å². The molecular weight excluding hydrogens is 354 g/mol. The molecule has 0 radical (unpaired) electrons. The zero-order valence-electron chi connectivity index (χ0n) is 9.65.